The quantitative estimate of drug-likeness (QED) is 0.819. The number of carbonyl (C=O) groups is 1. The van der Waals surface area contributed by atoms with Gasteiger partial charge in [-0.05, 0) is 42.9 Å². The largest absolute Gasteiger partial charge is 0.341 e. The van der Waals surface area contributed by atoms with E-state index in [0.717, 1.165) is 18.4 Å². The second-order valence-electron chi connectivity index (χ2n) is 6.80. The van der Waals surface area contributed by atoms with Gasteiger partial charge in [0.05, 0.1) is 6.26 Å². The van der Waals surface area contributed by atoms with Gasteiger partial charge in [-0.3, -0.25) is 4.79 Å². The summed E-state index contributed by atoms with van der Waals surface area (Å²) >= 11 is 0. The fourth-order valence-electron chi connectivity index (χ4n) is 3.26. The smallest absolute Gasteiger partial charge is 0.253 e. The molecule has 0 atom stereocenters. The Hall–Kier alpha value is -1.40. The number of rotatable bonds is 7. The Kier molecular flexibility index (Phi) is 6.80. The topological polar surface area (TPSA) is 66.5 Å². The van der Waals surface area contributed by atoms with Crippen molar-refractivity contribution in [2.45, 2.75) is 38.5 Å². The summed E-state index contributed by atoms with van der Waals surface area (Å²) in [6.45, 7) is 1.20. The number of hydrogen-bond acceptors (Lipinski definition) is 3. The van der Waals surface area contributed by atoms with Crippen LogP contribution in [0, 0.1) is 5.92 Å². The molecule has 1 aliphatic carbocycles. The fourth-order valence-corrected chi connectivity index (χ4v) is 3.73. The van der Waals surface area contributed by atoms with Crippen molar-refractivity contribution in [2.75, 3.05) is 26.4 Å². The fraction of sp³-hybridized carbons (Fsp3) is 0.611. The van der Waals surface area contributed by atoms with Crippen molar-refractivity contribution < 1.29 is 13.2 Å². The van der Waals surface area contributed by atoms with E-state index >= 15 is 0 Å². The minimum absolute atomic E-state index is 0.0568. The lowest BCUT2D eigenvalue weighted by Crippen LogP contribution is -2.32. The number of sulfonamides is 1. The molecule has 0 bridgehead atoms. The number of nitrogens with one attached hydrogen (secondary N) is 1. The second-order valence-corrected chi connectivity index (χ2v) is 8.64. The predicted molar refractivity (Wildman–Crippen MR) is 96.5 cm³/mol. The zero-order valence-electron chi connectivity index (χ0n) is 14.6. The van der Waals surface area contributed by atoms with Crippen molar-refractivity contribution in [1.29, 1.82) is 0 Å². The summed E-state index contributed by atoms with van der Waals surface area (Å²) in [5.41, 5.74) is 1.70. The van der Waals surface area contributed by atoms with Crippen LogP contribution in [0.25, 0.3) is 0 Å². The zero-order valence-corrected chi connectivity index (χ0v) is 15.4. The average Bonchev–Trinajstić information content (AvgIpc) is 2.54. The van der Waals surface area contributed by atoms with Crippen LogP contribution in [0.2, 0.25) is 0 Å². The minimum Gasteiger partial charge on any atom is -0.341 e. The van der Waals surface area contributed by atoms with Crippen LogP contribution in [0.3, 0.4) is 0 Å². The van der Waals surface area contributed by atoms with Crippen molar-refractivity contribution in [1.82, 2.24) is 9.62 Å². The van der Waals surface area contributed by atoms with Gasteiger partial charge in [0.1, 0.15) is 0 Å². The van der Waals surface area contributed by atoms with Crippen LogP contribution in [-0.2, 0) is 16.4 Å². The molecular formula is C18H28N2O3S. The number of amides is 1. The minimum atomic E-state index is -3.15. The SMILES string of the molecule is CN(CC1CCCCC1)C(=O)c1ccc(CCNS(C)(=O)=O)cc1. The molecule has 1 aliphatic rings. The highest BCUT2D eigenvalue weighted by Gasteiger charge is 2.19. The first kappa shape index (κ1) is 18.9. The normalized spacial score (nSPS) is 16.1. The molecule has 2 rings (SSSR count). The summed E-state index contributed by atoms with van der Waals surface area (Å²) in [6.07, 6.45) is 8.10. The highest BCUT2D eigenvalue weighted by atomic mass is 32.2. The van der Waals surface area contributed by atoms with Crippen molar-refractivity contribution in [2.24, 2.45) is 5.92 Å². The lowest BCUT2D eigenvalue weighted by atomic mass is 9.89. The molecule has 0 saturated heterocycles. The second kappa shape index (κ2) is 8.62. The van der Waals surface area contributed by atoms with Crippen LogP contribution < -0.4 is 4.72 Å². The molecule has 0 aliphatic heterocycles. The first-order chi connectivity index (χ1) is 11.3. The third-order valence-electron chi connectivity index (χ3n) is 4.58. The van der Waals surface area contributed by atoms with Crippen molar-refractivity contribution >= 4 is 15.9 Å². The van der Waals surface area contributed by atoms with Crippen LogP contribution in [0.4, 0.5) is 0 Å². The van der Waals surface area contributed by atoms with E-state index < -0.39 is 10.0 Å². The molecule has 6 heteroatoms. The highest BCUT2D eigenvalue weighted by molar-refractivity contribution is 7.88. The molecule has 5 nitrogen and oxygen atoms in total. The zero-order chi connectivity index (χ0) is 17.6. The van der Waals surface area contributed by atoms with Crippen molar-refractivity contribution in [3.05, 3.63) is 35.4 Å². The molecule has 134 valence electrons. The predicted octanol–water partition coefficient (Wildman–Crippen LogP) is 2.43. The summed E-state index contributed by atoms with van der Waals surface area (Å²) in [7, 11) is -1.28. The van der Waals surface area contributed by atoms with E-state index in [2.05, 4.69) is 4.72 Å². The average molecular weight is 353 g/mol. The summed E-state index contributed by atoms with van der Waals surface area (Å²) in [6, 6.07) is 7.45. The van der Waals surface area contributed by atoms with E-state index in [9.17, 15) is 13.2 Å². The monoisotopic (exact) mass is 352 g/mol. The van der Waals surface area contributed by atoms with Gasteiger partial charge in [-0.15, -0.1) is 0 Å². The van der Waals surface area contributed by atoms with Crippen LogP contribution in [0.15, 0.2) is 24.3 Å². The van der Waals surface area contributed by atoms with E-state index in [1.54, 1.807) is 0 Å². The van der Waals surface area contributed by atoms with Gasteiger partial charge in [0.25, 0.3) is 5.91 Å². The summed E-state index contributed by atoms with van der Waals surface area (Å²) in [5.74, 6) is 0.690. The van der Waals surface area contributed by atoms with Gasteiger partial charge in [0.15, 0.2) is 0 Å². The Labute approximate surface area is 145 Å². The Morgan fingerprint density at radius 1 is 1.17 bits per heavy atom. The van der Waals surface area contributed by atoms with Gasteiger partial charge < -0.3 is 4.90 Å². The Morgan fingerprint density at radius 3 is 2.38 bits per heavy atom. The molecule has 0 unspecified atom stereocenters. The van der Waals surface area contributed by atoms with Crippen LogP contribution in [-0.4, -0.2) is 45.6 Å². The van der Waals surface area contributed by atoms with Gasteiger partial charge in [0, 0.05) is 25.7 Å². The molecule has 24 heavy (non-hydrogen) atoms. The molecule has 1 aromatic carbocycles. The molecule has 1 fully saturated rings. The highest BCUT2D eigenvalue weighted by Crippen LogP contribution is 2.24. The van der Waals surface area contributed by atoms with Crippen LogP contribution >= 0.6 is 0 Å². The first-order valence-corrected chi connectivity index (χ1v) is 10.5. The maximum atomic E-state index is 12.5. The van der Waals surface area contributed by atoms with Gasteiger partial charge in [-0.25, -0.2) is 13.1 Å². The molecule has 0 heterocycles. The summed E-state index contributed by atoms with van der Waals surface area (Å²) in [5, 5.41) is 0. The maximum absolute atomic E-state index is 12.5. The maximum Gasteiger partial charge on any atom is 0.253 e. The first-order valence-electron chi connectivity index (χ1n) is 8.64. The molecule has 1 amide bonds. The van der Waals surface area contributed by atoms with Gasteiger partial charge in [-0.1, -0.05) is 31.4 Å². The Bertz CT molecular complexity index is 635. The number of benzene rings is 1. The van der Waals surface area contributed by atoms with Gasteiger partial charge in [0.2, 0.25) is 10.0 Å². The van der Waals surface area contributed by atoms with Crippen LogP contribution in [0.5, 0.6) is 0 Å². The lowest BCUT2D eigenvalue weighted by Gasteiger charge is -2.27. The van der Waals surface area contributed by atoms with E-state index in [0.29, 0.717) is 24.4 Å². The molecule has 1 saturated carbocycles. The Morgan fingerprint density at radius 2 is 1.79 bits per heavy atom. The lowest BCUT2D eigenvalue weighted by molar-refractivity contribution is 0.0760. The molecule has 0 spiro atoms. The standard InChI is InChI=1S/C18H28N2O3S/c1-20(14-16-6-4-3-5-7-16)18(21)17-10-8-15(9-11-17)12-13-19-24(2,22)23/h8-11,16,19H,3-7,12-14H2,1-2H3. The Balaban J connectivity index is 1.85. The van der Waals surface area contributed by atoms with Crippen LogP contribution in [0.1, 0.15) is 48.0 Å². The number of hydrogen-bond donors (Lipinski definition) is 1. The molecule has 1 aromatic rings. The van der Waals surface area contributed by atoms with Crippen molar-refractivity contribution in [3.63, 3.8) is 0 Å². The van der Waals surface area contributed by atoms with E-state index in [4.69, 9.17) is 0 Å². The van der Waals surface area contributed by atoms with E-state index in [1.165, 1.54) is 32.1 Å². The third-order valence-corrected chi connectivity index (χ3v) is 5.31. The number of nitrogens with zero attached hydrogens (tertiary/aromatic N) is 1. The van der Waals surface area contributed by atoms with Crippen molar-refractivity contribution in [3.8, 4) is 0 Å². The summed E-state index contributed by atoms with van der Waals surface area (Å²) in [4.78, 5) is 14.3. The summed E-state index contributed by atoms with van der Waals surface area (Å²) < 4.78 is 24.6. The molecule has 1 N–H and O–H groups in total. The third kappa shape index (κ3) is 6.24. The van der Waals surface area contributed by atoms with E-state index in [-0.39, 0.29) is 5.91 Å². The molecule has 0 radical (unpaired) electrons. The van der Waals surface area contributed by atoms with E-state index in [1.807, 2.05) is 36.2 Å². The molecule has 0 aromatic heterocycles. The number of carbonyl (C=O) groups excluding carboxylic acids is 1. The van der Waals surface area contributed by atoms with Gasteiger partial charge >= 0.3 is 0 Å². The van der Waals surface area contributed by atoms with Gasteiger partial charge in [-0.2, -0.15) is 0 Å². The molecular weight excluding hydrogens is 324 g/mol.